The minimum absolute atomic E-state index is 0.215. The molecular formula is C12H15N3. The van der Waals surface area contributed by atoms with Crippen molar-refractivity contribution in [2.24, 2.45) is 0 Å². The predicted molar refractivity (Wildman–Crippen MR) is 61.8 cm³/mol. The van der Waals surface area contributed by atoms with Gasteiger partial charge in [-0.15, -0.1) is 0 Å². The van der Waals surface area contributed by atoms with Crippen LogP contribution in [0.25, 0.3) is 11.0 Å². The van der Waals surface area contributed by atoms with E-state index >= 15 is 0 Å². The monoisotopic (exact) mass is 201 g/mol. The Morgan fingerprint density at radius 3 is 2.80 bits per heavy atom. The van der Waals surface area contributed by atoms with Gasteiger partial charge in [0.1, 0.15) is 0 Å². The van der Waals surface area contributed by atoms with Crippen LogP contribution in [0.5, 0.6) is 0 Å². The van der Waals surface area contributed by atoms with Crippen LogP contribution >= 0.6 is 0 Å². The molecule has 2 N–H and O–H groups in total. The molecule has 1 heterocycles. The van der Waals surface area contributed by atoms with Crippen molar-refractivity contribution in [3.63, 3.8) is 0 Å². The second-order valence-corrected chi connectivity index (χ2v) is 4.79. The number of rotatable bonds is 1. The van der Waals surface area contributed by atoms with Gasteiger partial charge in [0.25, 0.3) is 0 Å². The normalized spacial score (nSPS) is 18.3. The third kappa shape index (κ3) is 1.16. The lowest BCUT2D eigenvalue weighted by atomic mass is 10.2. The maximum Gasteiger partial charge on any atom is 0.201 e. The quantitative estimate of drug-likeness (QED) is 0.770. The molecule has 3 heteroatoms. The maximum atomic E-state index is 5.98. The van der Waals surface area contributed by atoms with Crippen LogP contribution in [0.3, 0.4) is 0 Å². The van der Waals surface area contributed by atoms with E-state index in [0.29, 0.717) is 5.95 Å². The zero-order chi connectivity index (χ0) is 10.6. The molecule has 1 aliphatic carbocycles. The molecule has 0 bridgehead atoms. The zero-order valence-electron chi connectivity index (χ0n) is 9.12. The van der Waals surface area contributed by atoms with E-state index in [1.54, 1.807) is 0 Å². The van der Waals surface area contributed by atoms with Crippen molar-refractivity contribution in [1.29, 1.82) is 0 Å². The van der Waals surface area contributed by atoms with Crippen molar-refractivity contribution in [3.05, 3.63) is 23.8 Å². The minimum atomic E-state index is 0.215. The number of anilines is 1. The standard InChI is InChI=1S/C12H15N3/c1-8-3-4-9-10(7-8)15(11(13)14-9)12(2)5-6-12/h3-4,7H,5-6H2,1-2H3,(H2,13,14). The van der Waals surface area contributed by atoms with Crippen molar-refractivity contribution in [2.45, 2.75) is 32.2 Å². The van der Waals surface area contributed by atoms with Crippen LogP contribution in [0.2, 0.25) is 0 Å². The van der Waals surface area contributed by atoms with E-state index in [1.165, 1.54) is 23.9 Å². The first-order valence-corrected chi connectivity index (χ1v) is 5.35. The number of nitrogens with two attached hydrogens (primary N) is 1. The molecule has 0 spiro atoms. The molecule has 1 saturated carbocycles. The lowest BCUT2D eigenvalue weighted by Crippen LogP contribution is -2.14. The van der Waals surface area contributed by atoms with Crippen LogP contribution < -0.4 is 5.73 Å². The average Bonchev–Trinajstić information content (AvgIpc) is 2.80. The highest BCUT2D eigenvalue weighted by Crippen LogP contribution is 2.46. The topological polar surface area (TPSA) is 43.8 Å². The van der Waals surface area contributed by atoms with Gasteiger partial charge >= 0.3 is 0 Å². The lowest BCUT2D eigenvalue weighted by molar-refractivity contribution is 0.556. The predicted octanol–water partition coefficient (Wildman–Crippen LogP) is 2.44. The molecule has 1 aromatic carbocycles. The van der Waals surface area contributed by atoms with E-state index in [9.17, 15) is 0 Å². The van der Waals surface area contributed by atoms with Gasteiger partial charge in [-0.3, -0.25) is 0 Å². The Kier molecular flexibility index (Phi) is 1.48. The van der Waals surface area contributed by atoms with E-state index in [1.807, 2.05) is 6.07 Å². The number of imidazole rings is 1. The SMILES string of the molecule is Cc1ccc2nc(N)n(C3(C)CC3)c2c1. The van der Waals surface area contributed by atoms with Crippen molar-refractivity contribution >= 4 is 17.0 Å². The molecule has 1 aromatic heterocycles. The third-order valence-corrected chi connectivity index (χ3v) is 3.35. The number of nitrogens with zero attached hydrogens (tertiary/aromatic N) is 2. The Morgan fingerprint density at radius 2 is 2.13 bits per heavy atom. The van der Waals surface area contributed by atoms with Crippen molar-refractivity contribution in [1.82, 2.24) is 9.55 Å². The van der Waals surface area contributed by atoms with E-state index in [4.69, 9.17) is 5.73 Å². The van der Waals surface area contributed by atoms with Crippen LogP contribution in [0.1, 0.15) is 25.3 Å². The lowest BCUT2D eigenvalue weighted by Gasteiger charge is -2.13. The summed E-state index contributed by atoms with van der Waals surface area (Å²) in [4.78, 5) is 4.40. The fourth-order valence-corrected chi connectivity index (χ4v) is 2.18. The molecule has 3 rings (SSSR count). The van der Waals surface area contributed by atoms with Crippen LogP contribution in [-0.4, -0.2) is 9.55 Å². The molecule has 0 unspecified atom stereocenters. The van der Waals surface area contributed by atoms with Gasteiger partial charge in [-0.05, 0) is 44.4 Å². The second-order valence-electron chi connectivity index (χ2n) is 4.79. The van der Waals surface area contributed by atoms with Gasteiger partial charge in [0.05, 0.1) is 11.0 Å². The number of aromatic nitrogens is 2. The number of hydrogen-bond donors (Lipinski definition) is 1. The maximum absolute atomic E-state index is 5.98. The summed E-state index contributed by atoms with van der Waals surface area (Å²) < 4.78 is 2.19. The molecule has 2 aromatic rings. The summed E-state index contributed by atoms with van der Waals surface area (Å²) in [5, 5.41) is 0. The summed E-state index contributed by atoms with van der Waals surface area (Å²) in [5.41, 5.74) is 9.63. The summed E-state index contributed by atoms with van der Waals surface area (Å²) in [6.07, 6.45) is 2.41. The van der Waals surface area contributed by atoms with E-state index in [-0.39, 0.29) is 5.54 Å². The second kappa shape index (κ2) is 2.54. The molecule has 0 aliphatic heterocycles. The summed E-state index contributed by atoms with van der Waals surface area (Å²) in [7, 11) is 0. The smallest absolute Gasteiger partial charge is 0.201 e. The van der Waals surface area contributed by atoms with E-state index in [2.05, 4.69) is 35.5 Å². The molecule has 0 amide bonds. The largest absolute Gasteiger partial charge is 0.369 e. The van der Waals surface area contributed by atoms with Gasteiger partial charge < -0.3 is 10.3 Å². The molecule has 1 fully saturated rings. The number of hydrogen-bond acceptors (Lipinski definition) is 2. The summed E-state index contributed by atoms with van der Waals surface area (Å²) in [5.74, 6) is 0.649. The summed E-state index contributed by atoms with van der Waals surface area (Å²) in [6.45, 7) is 4.34. The highest BCUT2D eigenvalue weighted by Gasteiger charge is 2.41. The van der Waals surface area contributed by atoms with Crippen molar-refractivity contribution in [2.75, 3.05) is 5.73 Å². The summed E-state index contributed by atoms with van der Waals surface area (Å²) >= 11 is 0. The third-order valence-electron chi connectivity index (χ3n) is 3.35. The van der Waals surface area contributed by atoms with Crippen LogP contribution in [0.15, 0.2) is 18.2 Å². The Morgan fingerprint density at radius 1 is 1.40 bits per heavy atom. The van der Waals surface area contributed by atoms with Crippen molar-refractivity contribution in [3.8, 4) is 0 Å². The first-order chi connectivity index (χ1) is 7.10. The summed E-state index contributed by atoms with van der Waals surface area (Å²) in [6, 6.07) is 6.29. The van der Waals surface area contributed by atoms with E-state index in [0.717, 1.165) is 5.52 Å². The highest BCUT2D eigenvalue weighted by molar-refractivity contribution is 5.79. The first-order valence-electron chi connectivity index (χ1n) is 5.35. The first kappa shape index (κ1) is 8.77. The Bertz CT molecular complexity index is 535. The highest BCUT2D eigenvalue weighted by atomic mass is 15.2. The van der Waals surface area contributed by atoms with Crippen LogP contribution in [0, 0.1) is 6.92 Å². The molecule has 1 aliphatic rings. The molecule has 0 radical (unpaired) electrons. The van der Waals surface area contributed by atoms with Gasteiger partial charge in [0, 0.05) is 5.54 Å². The van der Waals surface area contributed by atoms with Gasteiger partial charge in [-0.2, -0.15) is 0 Å². The number of fused-ring (bicyclic) bond motifs is 1. The Balaban J connectivity index is 2.35. The fraction of sp³-hybridized carbons (Fsp3) is 0.417. The van der Waals surface area contributed by atoms with Crippen molar-refractivity contribution < 1.29 is 0 Å². The average molecular weight is 201 g/mol. The molecule has 0 saturated heterocycles. The number of benzene rings is 1. The van der Waals surface area contributed by atoms with Gasteiger partial charge in [0.15, 0.2) is 0 Å². The molecule has 15 heavy (non-hydrogen) atoms. The van der Waals surface area contributed by atoms with Gasteiger partial charge in [-0.1, -0.05) is 6.07 Å². The van der Waals surface area contributed by atoms with Gasteiger partial charge in [-0.25, -0.2) is 4.98 Å². The molecule has 0 atom stereocenters. The zero-order valence-corrected chi connectivity index (χ0v) is 9.12. The molecule has 3 nitrogen and oxygen atoms in total. The molecule has 78 valence electrons. The minimum Gasteiger partial charge on any atom is -0.369 e. The Labute approximate surface area is 88.9 Å². The van der Waals surface area contributed by atoms with E-state index < -0.39 is 0 Å². The molecular weight excluding hydrogens is 186 g/mol. The van der Waals surface area contributed by atoms with Crippen LogP contribution in [-0.2, 0) is 5.54 Å². The van der Waals surface area contributed by atoms with Gasteiger partial charge in [0.2, 0.25) is 5.95 Å². The number of nitrogen functional groups attached to an aromatic ring is 1. The fourth-order valence-electron chi connectivity index (χ4n) is 2.18. The van der Waals surface area contributed by atoms with Crippen LogP contribution in [0.4, 0.5) is 5.95 Å². The number of aryl methyl sites for hydroxylation is 1. The Hall–Kier alpha value is -1.51.